The molecule has 0 bridgehead atoms. The third-order valence-corrected chi connectivity index (χ3v) is 6.88. The SMILES string of the molecule is COc1cc(OC)c(C(=O)c2cc3ccccc3n2S(=O)(=O)c2ccccc2)cc1C. The molecule has 0 unspecified atom stereocenters. The largest absolute Gasteiger partial charge is 0.496 e. The summed E-state index contributed by atoms with van der Waals surface area (Å²) in [5.74, 6) is 0.422. The molecule has 0 atom stereocenters. The Balaban J connectivity index is 1.99. The van der Waals surface area contributed by atoms with Gasteiger partial charge in [-0.2, -0.15) is 0 Å². The number of ether oxygens (including phenoxy) is 2. The van der Waals surface area contributed by atoms with E-state index in [1.54, 1.807) is 60.7 Å². The van der Waals surface area contributed by atoms with Crippen molar-refractivity contribution in [2.75, 3.05) is 14.2 Å². The number of nitrogens with zero attached hydrogens (tertiary/aromatic N) is 1. The highest BCUT2D eigenvalue weighted by Gasteiger charge is 2.28. The van der Waals surface area contributed by atoms with Crippen LogP contribution in [0.5, 0.6) is 11.5 Å². The molecule has 7 heteroatoms. The molecule has 0 spiro atoms. The summed E-state index contributed by atoms with van der Waals surface area (Å²) in [7, 11) is -1.03. The molecule has 0 amide bonds. The van der Waals surface area contributed by atoms with Gasteiger partial charge in [0.1, 0.15) is 17.2 Å². The smallest absolute Gasteiger partial charge is 0.268 e. The van der Waals surface area contributed by atoms with Crippen molar-refractivity contribution in [2.45, 2.75) is 11.8 Å². The van der Waals surface area contributed by atoms with Crippen LogP contribution in [0.25, 0.3) is 10.9 Å². The lowest BCUT2D eigenvalue weighted by atomic mass is 10.0. The molecule has 31 heavy (non-hydrogen) atoms. The van der Waals surface area contributed by atoms with Crippen LogP contribution in [-0.2, 0) is 10.0 Å². The van der Waals surface area contributed by atoms with E-state index in [4.69, 9.17) is 9.47 Å². The number of aryl methyl sites for hydroxylation is 1. The molecule has 0 radical (unpaired) electrons. The molecule has 3 aromatic carbocycles. The molecule has 0 N–H and O–H groups in total. The summed E-state index contributed by atoms with van der Waals surface area (Å²) in [6.07, 6.45) is 0. The van der Waals surface area contributed by atoms with Crippen molar-refractivity contribution in [1.29, 1.82) is 0 Å². The third-order valence-electron chi connectivity index (χ3n) is 5.14. The van der Waals surface area contributed by atoms with Crippen LogP contribution in [0.2, 0.25) is 0 Å². The fourth-order valence-corrected chi connectivity index (χ4v) is 5.15. The van der Waals surface area contributed by atoms with Crippen LogP contribution in [0, 0.1) is 6.92 Å². The van der Waals surface area contributed by atoms with E-state index in [2.05, 4.69) is 0 Å². The quantitative estimate of drug-likeness (QED) is 0.419. The number of carbonyl (C=O) groups excluding carboxylic acids is 1. The Morgan fingerprint density at radius 1 is 0.839 bits per heavy atom. The second kappa shape index (κ2) is 7.92. The average Bonchev–Trinajstić information content (AvgIpc) is 3.19. The number of aromatic nitrogens is 1. The van der Waals surface area contributed by atoms with E-state index >= 15 is 0 Å². The van der Waals surface area contributed by atoms with E-state index in [9.17, 15) is 13.2 Å². The lowest BCUT2D eigenvalue weighted by molar-refractivity contribution is 0.103. The van der Waals surface area contributed by atoms with Gasteiger partial charge in [0.2, 0.25) is 5.78 Å². The van der Waals surface area contributed by atoms with Gasteiger partial charge in [-0.25, -0.2) is 12.4 Å². The fourth-order valence-electron chi connectivity index (χ4n) is 3.62. The van der Waals surface area contributed by atoms with Gasteiger partial charge >= 0.3 is 0 Å². The van der Waals surface area contributed by atoms with E-state index in [1.165, 1.54) is 26.4 Å². The summed E-state index contributed by atoms with van der Waals surface area (Å²) < 4.78 is 38.9. The Labute approximate surface area is 180 Å². The lowest BCUT2D eigenvalue weighted by Gasteiger charge is -2.14. The predicted molar refractivity (Wildman–Crippen MR) is 119 cm³/mol. The molecule has 6 nitrogen and oxygen atoms in total. The van der Waals surface area contributed by atoms with Crippen LogP contribution >= 0.6 is 0 Å². The van der Waals surface area contributed by atoms with Crippen molar-refractivity contribution >= 4 is 26.7 Å². The zero-order valence-corrected chi connectivity index (χ0v) is 18.1. The van der Waals surface area contributed by atoms with Crippen LogP contribution in [0.3, 0.4) is 0 Å². The van der Waals surface area contributed by atoms with Crippen molar-refractivity contribution in [3.63, 3.8) is 0 Å². The molecule has 4 aromatic rings. The van der Waals surface area contributed by atoms with Gasteiger partial charge in [-0.1, -0.05) is 36.4 Å². The van der Waals surface area contributed by atoms with Gasteiger partial charge in [0.15, 0.2) is 0 Å². The fraction of sp³-hybridized carbons (Fsp3) is 0.125. The predicted octanol–water partition coefficient (Wildman–Crippen LogP) is 4.43. The monoisotopic (exact) mass is 435 g/mol. The van der Waals surface area contributed by atoms with Crippen LogP contribution in [0.1, 0.15) is 21.6 Å². The highest BCUT2D eigenvalue weighted by molar-refractivity contribution is 7.90. The van der Waals surface area contributed by atoms with Gasteiger partial charge in [0.05, 0.1) is 30.2 Å². The van der Waals surface area contributed by atoms with Gasteiger partial charge in [0.25, 0.3) is 10.0 Å². The average molecular weight is 436 g/mol. The molecule has 1 aromatic heterocycles. The van der Waals surface area contributed by atoms with Crippen molar-refractivity contribution < 1.29 is 22.7 Å². The number of carbonyl (C=O) groups is 1. The maximum atomic E-state index is 13.6. The maximum Gasteiger partial charge on any atom is 0.268 e. The number of rotatable bonds is 6. The summed E-state index contributed by atoms with van der Waals surface area (Å²) in [5, 5.41) is 0.648. The molecule has 0 saturated carbocycles. The molecule has 0 aliphatic heterocycles. The molecule has 4 rings (SSSR count). The first-order valence-corrected chi connectivity index (χ1v) is 11.0. The Morgan fingerprint density at radius 3 is 2.16 bits per heavy atom. The number of ketones is 1. The van der Waals surface area contributed by atoms with E-state index in [-0.39, 0.29) is 16.2 Å². The molecular formula is C24H21NO5S. The summed E-state index contributed by atoms with van der Waals surface area (Å²) in [6.45, 7) is 1.81. The van der Waals surface area contributed by atoms with E-state index < -0.39 is 15.8 Å². The number of fused-ring (bicyclic) bond motifs is 1. The van der Waals surface area contributed by atoms with E-state index in [0.29, 0.717) is 22.4 Å². The number of hydrogen-bond acceptors (Lipinski definition) is 5. The Kier molecular flexibility index (Phi) is 5.29. The van der Waals surface area contributed by atoms with Crippen LogP contribution in [-0.4, -0.2) is 32.4 Å². The third kappa shape index (κ3) is 3.47. The Bertz CT molecular complexity index is 1390. The van der Waals surface area contributed by atoms with Crippen molar-refractivity contribution in [3.8, 4) is 11.5 Å². The number of benzene rings is 3. The zero-order valence-electron chi connectivity index (χ0n) is 17.3. The maximum absolute atomic E-state index is 13.6. The molecule has 0 saturated heterocycles. The number of para-hydroxylation sites is 1. The van der Waals surface area contributed by atoms with Gasteiger partial charge in [-0.15, -0.1) is 0 Å². The van der Waals surface area contributed by atoms with Crippen molar-refractivity contribution in [2.24, 2.45) is 0 Å². The van der Waals surface area contributed by atoms with Crippen LogP contribution in [0.15, 0.2) is 77.7 Å². The summed E-state index contributed by atoms with van der Waals surface area (Å²) >= 11 is 0. The second-order valence-corrected chi connectivity index (χ2v) is 8.81. The molecule has 158 valence electrons. The Hall–Kier alpha value is -3.58. The zero-order chi connectivity index (χ0) is 22.2. The summed E-state index contributed by atoms with van der Waals surface area (Å²) in [4.78, 5) is 13.7. The minimum atomic E-state index is -4.02. The molecule has 1 heterocycles. The molecular weight excluding hydrogens is 414 g/mol. The first-order chi connectivity index (χ1) is 14.9. The standard InChI is InChI=1S/C24H21NO5S/c1-16-13-19(23(30-3)15-22(16)29-2)24(26)21-14-17-9-7-8-12-20(17)25(21)31(27,28)18-10-5-4-6-11-18/h4-15H,1-3H3. The highest BCUT2D eigenvalue weighted by atomic mass is 32.2. The first-order valence-electron chi connectivity index (χ1n) is 9.57. The molecule has 0 aliphatic rings. The first kappa shape index (κ1) is 20.7. The number of hydrogen-bond donors (Lipinski definition) is 0. The molecule has 0 aliphatic carbocycles. The normalized spacial score (nSPS) is 11.5. The van der Waals surface area contributed by atoms with Crippen molar-refractivity contribution in [1.82, 2.24) is 3.97 Å². The topological polar surface area (TPSA) is 74.6 Å². The lowest BCUT2D eigenvalue weighted by Crippen LogP contribution is -2.19. The van der Waals surface area contributed by atoms with E-state index in [1.807, 2.05) is 6.92 Å². The van der Waals surface area contributed by atoms with Gasteiger partial charge < -0.3 is 9.47 Å². The van der Waals surface area contributed by atoms with E-state index in [0.717, 1.165) is 9.54 Å². The van der Waals surface area contributed by atoms with Gasteiger partial charge in [-0.3, -0.25) is 4.79 Å². The highest BCUT2D eigenvalue weighted by Crippen LogP contribution is 2.33. The minimum absolute atomic E-state index is 0.0351. The second-order valence-electron chi connectivity index (χ2n) is 7.02. The van der Waals surface area contributed by atoms with Crippen LogP contribution < -0.4 is 9.47 Å². The number of methoxy groups -OCH3 is 2. The minimum Gasteiger partial charge on any atom is -0.496 e. The van der Waals surface area contributed by atoms with Gasteiger partial charge in [-0.05, 0) is 42.8 Å². The van der Waals surface area contributed by atoms with Crippen molar-refractivity contribution in [3.05, 3.63) is 89.6 Å². The van der Waals surface area contributed by atoms with Crippen LogP contribution in [0.4, 0.5) is 0 Å². The summed E-state index contributed by atoms with van der Waals surface area (Å²) in [5.41, 5.74) is 1.46. The molecule has 0 fully saturated rings. The Morgan fingerprint density at radius 2 is 1.48 bits per heavy atom. The summed E-state index contributed by atoms with van der Waals surface area (Å²) in [6, 6.07) is 19.9. The van der Waals surface area contributed by atoms with Gasteiger partial charge in [0, 0.05) is 11.5 Å².